The summed E-state index contributed by atoms with van der Waals surface area (Å²) in [5, 5.41) is 18.8. The lowest BCUT2D eigenvalue weighted by Gasteiger charge is -2.46. The molecule has 2 aromatic rings. The van der Waals surface area contributed by atoms with Crippen molar-refractivity contribution in [1.29, 1.82) is 5.26 Å². The van der Waals surface area contributed by atoms with E-state index in [1.165, 1.54) is 0 Å². The predicted molar refractivity (Wildman–Crippen MR) is 77.4 cm³/mol. The Morgan fingerprint density at radius 2 is 2.24 bits per heavy atom. The highest BCUT2D eigenvalue weighted by Crippen LogP contribution is 2.30. The molecule has 0 radical (unpaired) electrons. The van der Waals surface area contributed by atoms with E-state index in [0.717, 1.165) is 17.1 Å². The minimum absolute atomic E-state index is 0.142. The van der Waals surface area contributed by atoms with Gasteiger partial charge in [0.25, 0.3) is 0 Å². The zero-order valence-electron chi connectivity index (χ0n) is 11.7. The number of hydrogen-bond donors (Lipinski definition) is 1. The Labute approximate surface area is 122 Å². The first-order valence-electron chi connectivity index (χ1n) is 6.70. The van der Waals surface area contributed by atoms with Gasteiger partial charge in [0.1, 0.15) is 11.4 Å². The molecule has 0 aromatic carbocycles. The van der Waals surface area contributed by atoms with E-state index in [-0.39, 0.29) is 6.42 Å². The molecule has 2 aromatic heterocycles. The number of β-amino-alcohol motifs (C(OH)–C–C–N with tert-alkyl or cyclic N) is 1. The SMILES string of the molecule is Cc1cc(N2CC(O)(CC#N)C2)nc(-c2cccnc2)n1. The molecule has 6 nitrogen and oxygen atoms in total. The summed E-state index contributed by atoms with van der Waals surface area (Å²) < 4.78 is 0. The molecule has 0 saturated carbocycles. The van der Waals surface area contributed by atoms with Crippen molar-refractivity contribution in [1.82, 2.24) is 15.0 Å². The van der Waals surface area contributed by atoms with Crippen LogP contribution in [0, 0.1) is 18.3 Å². The van der Waals surface area contributed by atoms with Gasteiger partial charge in [-0.05, 0) is 19.1 Å². The van der Waals surface area contributed by atoms with Crippen LogP contribution in [0.4, 0.5) is 5.82 Å². The van der Waals surface area contributed by atoms with E-state index in [1.54, 1.807) is 12.4 Å². The number of nitrogens with zero attached hydrogens (tertiary/aromatic N) is 5. The van der Waals surface area contributed by atoms with Crippen molar-refractivity contribution in [3.63, 3.8) is 0 Å². The minimum Gasteiger partial charge on any atom is -0.385 e. The van der Waals surface area contributed by atoms with Gasteiger partial charge in [-0.3, -0.25) is 4.98 Å². The smallest absolute Gasteiger partial charge is 0.163 e. The number of nitriles is 1. The molecule has 1 fully saturated rings. The van der Waals surface area contributed by atoms with Crippen LogP contribution in [-0.2, 0) is 0 Å². The average molecular weight is 281 g/mol. The Morgan fingerprint density at radius 1 is 1.43 bits per heavy atom. The third kappa shape index (κ3) is 2.69. The molecule has 6 heteroatoms. The molecule has 3 rings (SSSR count). The number of anilines is 1. The van der Waals surface area contributed by atoms with Crippen LogP contribution in [0.25, 0.3) is 11.4 Å². The van der Waals surface area contributed by atoms with E-state index < -0.39 is 5.60 Å². The van der Waals surface area contributed by atoms with Gasteiger partial charge in [-0.25, -0.2) is 9.97 Å². The molecule has 1 aliphatic heterocycles. The van der Waals surface area contributed by atoms with E-state index in [1.807, 2.05) is 36.1 Å². The van der Waals surface area contributed by atoms with Gasteiger partial charge in [0.15, 0.2) is 5.82 Å². The minimum atomic E-state index is -0.915. The topological polar surface area (TPSA) is 85.9 Å². The first-order valence-corrected chi connectivity index (χ1v) is 6.70. The second-order valence-corrected chi connectivity index (χ2v) is 5.35. The van der Waals surface area contributed by atoms with Gasteiger partial charge >= 0.3 is 0 Å². The first kappa shape index (κ1) is 13.5. The van der Waals surface area contributed by atoms with Crippen molar-refractivity contribution >= 4 is 5.82 Å². The van der Waals surface area contributed by atoms with Crippen molar-refractivity contribution in [3.05, 3.63) is 36.3 Å². The van der Waals surface area contributed by atoms with Crippen LogP contribution >= 0.6 is 0 Å². The summed E-state index contributed by atoms with van der Waals surface area (Å²) in [6, 6.07) is 7.65. The van der Waals surface area contributed by atoms with E-state index >= 15 is 0 Å². The predicted octanol–water partition coefficient (Wildman–Crippen LogP) is 1.31. The Balaban J connectivity index is 1.86. The van der Waals surface area contributed by atoms with Crippen molar-refractivity contribution in [2.45, 2.75) is 18.9 Å². The molecule has 1 N–H and O–H groups in total. The van der Waals surface area contributed by atoms with E-state index in [9.17, 15) is 5.11 Å². The van der Waals surface area contributed by atoms with Gasteiger partial charge in [-0.2, -0.15) is 5.26 Å². The fourth-order valence-corrected chi connectivity index (χ4v) is 2.42. The van der Waals surface area contributed by atoms with Gasteiger partial charge in [0, 0.05) is 29.7 Å². The van der Waals surface area contributed by atoms with Gasteiger partial charge in [0.2, 0.25) is 0 Å². The van der Waals surface area contributed by atoms with Crippen LogP contribution < -0.4 is 4.90 Å². The third-order valence-corrected chi connectivity index (χ3v) is 3.46. The molecule has 0 atom stereocenters. The van der Waals surface area contributed by atoms with Gasteiger partial charge in [-0.1, -0.05) is 0 Å². The number of hydrogen-bond acceptors (Lipinski definition) is 6. The fourth-order valence-electron chi connectivity index (χ4n) is 2.42. The Bertz CT molecular complexity index is 689. The van der Waals surface area contributed by atoms with Crippen molar-refractivity contribution in [3.8, 4) is 17.5 Å². The quantitative estimate of drug-likeness (QED) is 0.913. The van der Waals surface area contributed by atoms with E-state index in [4.69, 9.17) is 5.26 Å². The molecule has 106 valence electrons. The lowest BCUT2D eigenvalue weighted by molar-refractivity contribution is 0.0162. The molecule has 0 amide bonds. The second-order valence-electron chi connectivity index (χ2n) is 5.35. The van der Waals surface area contributed by atoms with Crippen molar-refractivity contribution in [2.75, 3.05) is 18.0 Å². The summed E-state index contributed by atoms with van der Waals surface area (Å²) in [6.45, 7) is 2.75. The van der Waals surface area contributed by atoms with Crippen LogP contribution in [0.3, 0.4) is 0 Å². The number of aryl methyl sites for hydroxylation is 1. The zero-order chi connectivity index (χ0) is 14.9. The molecular weight excluding hydrogens is 266 g/mol. The standard InChI is InChI=1S/C15H15N5O/c1-11-7-13(20-9-15(21,10-20)4-5-16)19-14(18-11)12-3-2-6-17-8-12/h2-3,6-8,21H,4,9-10H2,1H3. The molecule has 1 saturated heterocycles. The first-order chi connectivity index (χ1) is 10.1. The third-order valence-electron chi connectivity index (χ3n) is 3.46. The van der Waals surface area contributed by atoms with Crippen LogP contribution in [0.15, 0.2) is 30.6 Å². The van der Waals surface area contributed by atoms with E-state index in [2.05, 4.69) is 15.0 Å². The molecular formula is C15H15N5O. The van der Waals surface area contributed by atoms with Crippen LogP contribution in [0.2, 0.25) is 0 Å². The molecule has 3 heterocycles. The fraction of sp³-hybridized carbons (Fsp3) is 0.333. The summed E-state index contributed by atoms with van der Waals surface area (Å²) in [6.07, 6.45) is 3.57. The summed E-state index contributed by atoms with van der Waals surface area (Å²) in [7, 11) is 0. The average Bonchev–Trinajstić information content (AvgIpc) is 2.45. The molecule has 0 bridgehead atoms. The highest BCUT2D eigenvalue weighted by atomic mass is 16.3. The second kappa shape index (κ2) is 5.11. The highest BCUT2D eigenvalue weighted by molar-refractivity contribution is 5.57. The Kier molecular flexibility index (Phi) is 3.28. The van der Waals surface area contributed by atoms with Crippen LogP contribution in [0.5, 0.6) is 0 Å². The van der Waals surface area contributed by atoms with Gasteiger partial charge < -0.3 is 10.0 Å². The van der Waals surface area contributed by atoms with Crippen molar-refractivity contribution in [2.24, 2.45) is 0 Å². The number of pyridine rings is 1. The molecule has 0 aliphatic carbocycles. The maximum atomic E-state index is 10.1. The number of rotatable bonds is 3. The maximum Gasteiger partial charge on any atom is 0.163 e. The van der Waals surface area contributed by atoms with Crippen molar-refractivity contribution < 1.29 is 5.11 Å². The van der Waals surface area contributed by atoms with E-state index in [0.29, 0.717) is 18.9 Å². The van der Waals surface area contributed by atoms with Crippen LogP contribution in [-0.4, -0.2) is 38.7 Å². The number of aromatic nitrogens is 3. The summed E-state index contributed by atoms with van der Waals surface area (Å²) >= 11 is 0. The lowest BCUT2D eigenvalue weighted by Crippen LogP contribution is -2.62. The molecule has 0 unspecified atom stereocenters. The molecule has 21 heavy (non-hydrogen) atoms. The van der Waals surface area contributed by atoms with Crippen LogP contribution in [0.1, 0.15) is 12.1 Å². The Morgan fingerprint density at radius 3 is 2.90 bits per heavy atom. The lowest BCUT2D eigenvalue weighted by atomic mass is 9.91. The summed E-state index contributed by atoms with van der Waals surface area (Å²) in [4.78, 5) is 15.0. The molecule has 1 aliphatic rings. The normalized spacial score (nSPS) is 16.1. The highest BCUT2D eigenvalue weighted by Gasteiger charge is 2.41. The number of aliphatic hydroxyl groups is 1. The summed E-state index contributed by atoms with van der Waals surface area (Å²) in [5.74, 6) is 1.39. The maximum absolute atomic E-state index is 10.1. The monoisotopic (exact) mass is 281 g/mol. The van der Waals surface area contributed by atoms with Gasteiger partial charge in [-0.15, -0.1) is 0 Å². The largest absolute Gasteiger partial charge is 0.385 e. The zero-order valence-corrected chi connectivity index (χ0v) is 11.7. The Hall–Kier alpha value is -2.52. The summed E-state index contributed by atoms with van der Waals surface area (Å²) in [5.41, 5.74) is 0.798. The molecule has 0 spiro atoms. The van der Waals surface area contributed by atoms with Gasteiger partial charge in [0.05, 0.1) is 25.6 Å².